The minimum absolute atomic E-state index is 0.0125. The zero-order valence-electron chi connectivity index (χ0n) is 24.5. The van der Waals surface area contributed by atoms with Gasteiger partial charge >= 0.3 is 5.97 Å². The molecule has 0 bridgehead atoms. The standard InChI is InChI=1S/C27H28N10O9S2/c28-15-19(29)32-10-36(20(15)30)5-1-4-27(25(44)45)8-37-22(41)17(23(37)48-9-27)34-21(40)16(12-7-47-26(31)33-12)35-46-18(24(42)43)11-2-3-13(38)14(39)6-11/h1-4,6-7,10,17-18,23H,5,8-9H2,(H12,28,29,30,31,33,34,35,38,39,40,42,43,44,45)/t17?,18?,23-,27?/m1/s1. The molecule has 4 heterocycles. The monoisotopic (exact) mass is 700 g/mol. The number of phenols is 2. The van der Waals surface area contributed by atoms with E-state index in [0.29, 0.717) is 0 Å². The van der Waals surface area contributed by atoms with E-state index in [4.69, 9.17) is 27.8 Å². The van der Waals surface area contributed by atoms with Gasteiger partial charge in [-0.05, 0) is 12.1 Å². The number of aromatic hydroxyl groups is 2. The van der Waals surface area contributed by atoms with Gasteiger partial charge in [-0.2, -0.15) is 0 Å². The Balaban J connectivity index is 1.31. The van der Waals surface area contributed by atoms with Crippen molar-refractivity contribution < 1.29 is 49.0 Å². The number of aliphatic carboxylic acids is 2. The Morgan fingerprint density at radius 3 is 2.65 bits per heavy atom. The van der Waals surface area contributed by atoms with Gasteiger partial charge in [-0.15, -0.1) is 23.1 Å². The van der Waals surface area contributed by atoms with Crippen molar-refractivity contribution in [1.29, 1.82) is 0 Å². The third-order valence-electron chi connectivity index (χ3n) is 7.49. The maximum Gasteiger partial charge on any atom is 0.352 e. The van der Waals surface area contributed by atoms with Gasteiger partial charge in [0.15, 0.2) is 28.0 Å². The topological polar surface area (TPSA) is 323 Å². The Morgan fingerprint density at radius 2 is 2.00 bits per heavy atom. The molecule has 0 radical (unpaired) electrons. The number of fused-ring (bicyclic) bond motifs is 1. The van der Waals surface area contributed by atoms with Gasteiger partial charge in [-0.1, -0.05) is 28.4 Å². The molecule has 4 atom stereocenters. The predicted octanol–water partition coefficient (Wildman–Crippen LogP) is -2.50. The molecule has 2 aliphatic rings. The zero-order valence-corrected chi connectivity index (χ0v) is 26.2. The number of nitrogens with two attached hydrogens (primary N) is 4. The van der Waals surface area contributed by atoms with Crippen LogP contribution < -0.4 is 37.9 Å². The van der Waals surface area contributed by atoms with Crippen LogP contribution in [0.3, 0.4) is 0 Å². The number of rotatable bonds is 11. The average Bonchev–Trinajstić information content (AvgIpc) is 3.48. The number of allylic oxidation sites excluding steroid dienone is 1. The van der Waals surface area contributed by atoms with Gasteiger partial charge in [-0.25, -0.2) is 14.3 Å². The van der Waals surface area contributed by atoms with Gasteiger partial charge in [0.05, 0.1) is 17.9 Å². The lowest BCUT2D eigenvalue weighted by molar-refractivity contribution is -0.674. The number of hydrogen-bond donors (Lipinski definition) is 8. The molecule has 21 heteroatoms. The fraction of sp³-hybridized carbons (Fsp3) is 0.259. The second-order valence-corrected chi connectivity index (χ2v) is 12.6. The van der Waals surface area contributed by atoms with Gasteiger partial charge in [0.25, 0.3) is 5.91 Å². The first kappa shape index (κ1) is 33.5. The number of β-lactam (4-membered cyclic amide) rings is 1. The van der Waals surface area contributed by atoms with Crippen LogP contribution >= 0.6 is 23.1 Å². The summed E-state index contributed by atoms with van der Waals surface area (Å²) in [6.07, 6.45) is 2.46. The Kier molecular flexibility index (Phi) is 9.16. The third kappa shape index (κ3) is 6.40. The number of hydrogen-bond acceptors (Lipinski definition) is 17. The van der Waals surface area contributed by atoms with E-state index in [1.807, 2.05) is 0 Å². The SMILES string of the molecule is Nc1nc(C(=NOC(C(=O)O)c2ccc(O)c(O)c2)C(=O)NC2C(=O)N3CC(C=CC[n+]4cnc(N)c(N)c4N)(C(=O)[O-])CS[C@H]23)cs1. The summed E-state index contributed by atoms with van der Waals surface area (Å²) in [6, 6.07) is 2.07. The lowest BCUT2D eigenvalue weighted by atomic mass is 9.86. The van der Waals surface area contributed by atoms with Crippen molar-refractivity contribution in [2.45, 2.75) is 24.1 Å². The molecule has 2 aliphatic heterocycles. The van der Waals surface area contributed by atoms with E-state index >= 15 is 0 Å². The molecule has 3 unspecified atom stereocenters. The summed E-state index contributed by atoms with van der Waals surface area (Å²) in [5.41, 5.74) is 20.9. The van der Waals surface area contributed by atoms with Crippen LogP contribution in [0.4, 0.5) is 22.5 Å². The van der Waals surface area contributed by atoms with Crippen LogP contribution in [0.15, 0.2) is 47.2 Å². The molecule has 2 fully saturated rings. The molecule has 2 amide bonds. The molecular weight excluding hydrogens is 672 g/mol. The van der Waals surface area contributed by atoms with E-state index < -0.39 is 63.9 Å². The minimum atomic E-state index is -1.82. The Labute approximate surface area is 278 Å². The molecule has 48 heavy (non-hydrogen) atoms. The summed E-state index contributed by atoms with van der Waals surface area (Å²) in [5, 5.41) is 48.4. The van der Waals surface area contributed by atoms with E-state index in [0.717, 1.165) is 35.2 Å². The van der Waals surface area contributed by atoms with Crippen molar-refractivity contribution in [3.05, 3.63) is 53.3 Å². The molecule has 12 N–H and O–H groups in total. The highest BCUT2D eigenvalue weighted by Gasteiger charge is 2.55. The van der Waals surface area contributed by atoms with Gasteiger partial charge < -0.3 is 63.2 Å². The van der Waals surface area contributed by atoms with E-state index in [1.54, 1.807) is 0 Å². The first-order chi connectivity index (χ1) is 22.7. The van der Waals surface area contributed by atoms with Crippen molar-refractivity contribution >= 4 is 75.0 Å². The van der Waals surface area contributed by atoms with Crippen molar-refractivity contribution in [1.82, 2.24) is 20.2 Å². The number of carbonyl (C=O) groups excluding carboxylic acids is 3. The molecule has 3 aromatic rings. The van der Waals surface area contributed by atoms with Crippen LogP contribution in [0.25, 0.3) is 0 Å². The van der Waals surface area contributed by atoms with Crippen molar-refractivity contribution in [3.8, 4) is 11.5 Å². The minimum Gasteiger partial charge on any atom is -0.549 e. The van der Waals surface area contributed by atoms with E-state index in [1.165, 1.54) is 39.4 Å². The smallest absolute Gasteiger partial charge is 0.352 e. The Hall–Kier alpha value is -5.83. The molecule has 0 saturated carbocycles. The first-order valence-electron chi connectivity index (χ1n) is 13.7. The average molecular weight is 701 g/mol. The van der Waals surface area contributed by atoms with Gasteiger partial charge in [-0.3, -0.25) is 9.59 Å². The number of carboxylic acid groups (broad SMARTS) is 2. The fourth-order valence-corrected chi connectivity index (χ4v) is 6.90. The number of nitrogen functional groups attached to an aromatic ring is 4. The number of oxime groups is 1. The number of benzene rings is 1. The second kappa shape index (κ2) is 13.1. The number of anilines is 4. The number of carbonyl (C=O) groups is 4. The number of nitrogens with one attached hydrogen (secondary N) is 1. The summed E-state index contributed by atoms with van der Waals surface area (Å²) >= 11 is 2.06. The van der Waals surface area contributed by atoms with Crippen LogP contribution in [-0.4, -0.2) is 83.4 Å². The lowest BCUT2D eigenvalue weighted by Gasteiger charge is -2.54. The van der Waals surface area contributed by atoms with Crippen molar-refractivity contribution in [2.24, 2.45) is 10.6 Å². The maximum absolute atomic E-state index is 13.4. The maximum atomic E-state index is 13.4. The second-order valence-electron chi connectivity index (χ2n) is 10.6. The summed E-state index contributed by atoms with van der Waals surface area (Å²) < 4.78 is 1.45. The van der Waals surface area contributed by atoms with Crippen LogP contribution in [0.1, 0.15) is 17.4 Å². The molecule has 252 valence electrons. The molecule has 1 aromatic carbocycles. The Bertz CT molecular complexity index is 1870. The lowest BCUT2D eigenvalue weighted by Crippen LogP contribution is -2.74. The summed E-state index contributed by atoms with van der Waals surface area (Å²) in [5.74, 6) is -5.44. The van der Waals surface area contributed by atoms with Gasteiger partial charge in [0.1, 0.15) is 17.1 Å². The predicted molar refractivity (Wildman–Crippen MR) is 168 cm³/mol. The normalized spacial score (nSPS) is 21.3. The van der Waals surface area contributed by atoms with Crippen molar-refractivity contribution in [3.63, 3.8) is 0 Å². The number of thioether (sulfide) groups is 1. The zero-order chi connectivity index (χ0) is 34.9. The largest absolute Gasteiger partial charge is 0.549 e. The molecule has 0 aliphatic carbocycles. The summed E-state index contributed by atoms with van der Waals surface area (Å²) in [6.45, 7) is -0.148. The quantitative estimate of drug-likeness (QED) is 0.0256. The highest BCUT2D eigenvalue weighted by Crippen LogP contribution is 2.42. The molecule has 5 rings (SSSR count). The fourth-order valence-electron chi connectivity index (χ4n) is 4.84. The van der Waals surface area contributed by atoms with Crippen LogP contribution in [0.2, 0.25) is 0 Å². The molecule has 2 saturated heterocycles. The molecule has 19 nitrogen and oxygen atoms in total. The van der Waals surface area contributed by atoms with E-state index in [-0.39, 0.29) is 52.6 Å². The van der Waals surface area contributed by atoms with Crippen LogP contribution in [0.5, 0.6) is 11.5 Å². The van der Waals surface area contributed by atoms with Crippen molar-refractivity contribution in [2.75, 3.05) is 35.2 Å². The summed E-state index contributed by atoms with van der Waals surface area (Å²) in [4.78, 5) is 65.3. The highest BCUT2D eigenvalue weighted by molar-refractivity contribution is 8.00. The number of carboxylic acids is 2. The number of amides is 2. The van der Waals surface area contributed by atoms with E-state index in [9.17, 15) is 39.6 Å². The number of aromatic nitrogens is 3. The van der Waals surface area contributed by atoms with Gasteiger partial charge in [0, 0.05) is 23.2 Å². The van der Waals surface area contributed by atoms with E-state index in [2.05, 4.69) is 20.4 Å². The number of nitrogens with zero attached hydrogens (tertiary/aromatic N) is 5. The number of phenolic OH excluding ortho intramolecular Hbond substituents is 2. The number of thiazole rings is 1. The molecule has 0 spiro atoms. The third-order valence-corrected chi connectivity index (χ3v) is 9.71. The molecular formula is C27H28N10O9S2. The first-order valence-corrected chi connectivity index (χ1v) is 15.7. The molecule has 2 aromatic heterocycles. The summed E-state index contributed by atoms with van der Waals surface area (Å²) in [7, 11) is 0. The highest BCUT2D eigenvalue weighted by atomic mass is 32.2. The Morgan fingerprint density at radius 1 is 1.25 bits per heavy atom. The van der Waals surface area contributed by atoms with Crippen LogP contribution in [-0.2, 0) is 30.6 Å². The van der Waals surface area contributed by atoms with Gasteiger partial charge in [0.2, 0.25) is 30.0 Å². The van der Waals surface area contributed by atoms with Crippen LogP contribution in [0, 0.1) is 5.41 Å².